The standard InChI is InChI=1S/C13H11BrF2N2/c1-7-5-11(16)12(6-10(7)15)18-13-4-3-9(14)8(2)17-13/h3-6H,1-2H3,(H,17,18). The largest absolute Gasteiger partial charge is 0.338 e. The van der Waals surface area contributed by atoms with Crippen LogP contribution in [0.4, 0.5) is 20.3 Å². The Morgan fingerprint density at radius 1 is 1.11 bits per heavy atom. The van der Waals surface area contributed by atoms with Gasteiger partial charge in [0.15, 0.2) is 0 Å². The Kier molecular flexibility index (Phi) is 3.61. The average Bonchev–Trinajstić information content (AvgIpc) is 2.31. The molecule has 0 saturated heterocycles. The number of nitrogens with zero attached hydrogens (tertiary/aromatic N) is 1. The highest BCUT2D eigenvalue weighted by Gasteiger charge is 2.08. The first-order chi connectivity index (χ1) is 8.47. The van der Waals surface area contributed by atoms with Crippen molar-refractivity contribution in [2.24, 2.45) is 0 Å². The van der Waals surface area contributed by atoms with Crippen LogP contribution in [0.3, 0.4) is 0 Å². The quantitative estimate of drug-likeness (QED) is 0.884. The smallest absolute Gasteiger partial charge is 0.147 e. The number of hydrogen-bond acceptors (Lipinski definition) is 2. The third-order valence-electron chi connectivity index (χ3n) is 2.53. The van der Waals surface area contributed by atoms with Crippen LogP contribution in [0.25, 0.3) is 0 Å². The van der Waals surface area contributed by atoms with E-state index in [0.717, 1.165) is 22.3 Å². The van der Waals surface area contributed by atoms with E-state index in [2.05, 4.69) is 26.2 Å². The first kappa shape index (κ1) is 13.0. The third-order valence-corrected chi connectivity index (χ3v) is 3.37. The predicted octanol–water partition coefficient (Wildman–Crippen LogP) is 4.48. The summed E-state index contributed by atoms with van der Waals surface area (Å²) in [6, 6.07) is 5.77. The van der Waals surface area contributed by atoms with Crippen LogP contribution in [0.15, 0.2) is 28.7 Å². The zero-order chi connectivity index (χ0) is 13.3. The topological polar surface area (TPSA) is 24.9 Å². The van der Waals surface area contributed by atoms with Gasteiger partial charge < -0.3 is 5.32 Å². The molecule has 5 heteroatoms. The van der Waals surface area contributed by atoms with Crippen LogP contribution >= 0.6 is 15.9 Å². The summed E-state index contributed by atoms with van der Waals surface area (Å²) >= 11 is 3.33. The molecule has 2 rings (SSSR count). The van der Waals surface area contributed by atoms with E-state index in [1.807, 2.05) is 6.92 Å². The number of pyridine rings is 1. The average molecular weight is 313 g/mol. The van der Waals surface area contributed by atoms with E-state index < -0.39 is 11.6 Å². The Morgan fingerprint density at radius 3 is 2.50 bits per heavy atom. The number of aryl methyl sites for hydroxylation is 2. The molecular formula is C13H11BrF2N2. The lowest BCUT2D eigenvalue weighted by Gasteiger charge is -2.09. The number of benzene rings is 1. The van der Waals surface area contributed by atoms with Gasteiger partial charge in [-0.1, -0.05) is 0 Å². The molecule has 0 radical (unpaired) electrons. The normalized spacial score (nSPS) is 10.5. The van der Waals surface area contributed by atoms with Gasteiger partial charge in [-0.15, -0.1) is 0 Å². The van der Waals surface area contributed by atoms with E-state index in [1.54, 1.807) is 12.1 Å². The fraction of sp³-hybridized carbons (Fsp3) is 0.154. The van der Waals surface area contributed by atoms with E-state index in [-0.39, 0.29) is 11.3 Å². The molecular weight excluding hydrogens is 302 g/mol. The maximum Gasteiger partial charge on any atom is 0.147 e. The summed E-state index contributed by atoms with van der Waals surface area (Å²) in [4.78, 5) is 4.21. The highest BCUT2D eigenvalue weighted by Crippen LogP contribution is 2.23. The molecule has 1 N–H and O–H groups in total. The second kappa shape index (κ2) is 5.02. The highest BCUT2D eigenvalue weighted by atomic mass is 79.9. The van der Waals surface area contributed by atoms with Crippen molar-refractivity contribution >= 4 is 27.4 Å². The number of halogens is 3. The van der Waals surface area contributed by atoms with E-state index in [0.29, 0.717) is 5.82 Å². The van der Waals surface area contributed by atoms with Gasteiger partial charge in [-0.3, -0.25) is 0 Å². The molecule has 0 bridgehead atoms. The minimum absolute atomic E-state index is 0.0762. The van der Waals surface area contributed by atoms with Crippen LogP contribution in [-0.4, -0.2) is 4.98 Å². The summed E-state index contributed by atoms with van der Waals surface area (Å²) in [5, 5.41) is 2.76. The predicted molar refractivity (Wildman–Crippen MR) is 71.1 cm³/mol. The molecule has 1 heterocycles. The number of rotatable bonds is 2. The van der Waals surface area contributed by atoms with Gasteiger partial charge in [-0.25, -0.2) is 13.8 Å². The second-order valence-electron chi connectivity index (χ2n) is 3.97. The maximum atomic E-state index is 13.6. The van der Waals surface area contributed by atoms with Gasteiger partial charge in [0, 0.05) is 10.5 Å². The Morgan fingerprint density at radius 2 is 1.83 bits per heavy atom. The molecule has 0 fully saturated rings. The summed E-state index contributed by atoms with van der Waals surface area (Å²) < 4.78 is 27.9. The molecule has 2 aromatic rings. The number of aromatic nitrogens is 1. The molecule has 94 valence electrons. The zero-order valence-corrected chi connectivity index (χ0v) is 11.5. The lowest BCUT2D eigenvalue weighted by Crippen LogP contribution is -1.99. The Balaban J connectivity index is 2.34. The van der Waals surface area contributed by atoms with Gasteiger partial charge in [0.1, 0.15) is 17.5 Å². The summed E-state index contributed by atoms with van der Waals surface area (Å²) in [5.74, 6) is -0.484. The van der Waals surface area contributed by atoms with Gasteiger partial charge in [0.25, 0.3) is 0 Å². The van der Waals surface area contributed by atoms with Crippen LogP contribution in [0.2, 0.25) is 0 Å². The molecule has 0 aliphatic heterocycles. The van der Waals surface area contributed by atoms with Gasteiger partial charge in [0.05, 0.1) is 11.4 Å². The van der Waals surface area contributed by atoms with Crippen molar-refractivity contribution in [1.82, 2.24) is 4.98 Å². The van der Waals surface area contributed by atoms with Gasteiger partial charge in [-0.2, -0.15) is 0 Å². The number of anilines is 2. The molecule has 0 saturated carbocycles. The van der Waals surface area contributed by atoms with Crippen molar-refractivity contribution in [2.45, 2.75) is 13.8 Å². The summed E-state index contributed by atoms with van der Waals surface area (Å²) in [6.45, 7) is 3.34. The van der Waals surface area contributed by atoms with Crippen LogP contribution in [0.5, 0.6) is 0 Å². The molecule has 0 spiro atoms. The lowest BCUT2D eigenvalue weighted by atomic mass is 10.2. The van der Waals surface area contributed by atoms with Gasteiger partial charge in [-0.05, 0) is 53.5 Å². The van der Waals surface area contributed by atoms with E-state index in [4.69, 9.17) is 0 Å². The van der Waals surface area contributed by atoms with Crippen LogP contribution in [-0.2, 0) is 0 Å². The van der Waals surface area contributed by atoms with Crippen molar-refractivity contribution in [3.8, 4) is 0 Å². The molecule has 1 aromatic carbocycles. The second-order valence-corrected chi connectivity index (χ2v) is 4.82. The van der Waals surface area contributed by atoms with Crippen molar-refractivity contribution in [3.05, 3.63) is 51.6 Å². The van der Waals surface area contributed by atoms with E-state index in [1.165, 1.54) is 6.92 Å². The minimum Gasteiger partial charge on any atom is -0.338 e. The number of nitrogens with one attached hydrogen (secondary N) is 1. The van der Waals surface area contributed by atoms with E-state index >= 15 is 0 Å². The highest BCUT2D eigenvalue weighted by molar-refractivity contribution is 9.10. The molecule has 0 aliphatic carbocycles. The zero-order valence-electron chi connectivity index (χ0n) is 9.89. The minimum atomic E-state index is -0.503. The molecule has 18 heavy (non-hydrogen) atoms. The Labute approximate surface area is 112 Å². The fourth-order valence-electron chi connectivity index (χ4n) is 1.49. The molecule has 0 aliphatic rings. The van der Waals surface area contributed by atoms with Crippen molar-refractivity contribution in [3.63, 3.8) is 0 Å². The Hall–Kier alpha value is -1.49. The van der Waals surface area contributed by atoms with Crippen molar-refractivity contribution < 1.29 is 8.78 Å². The summed E-state index contributed by atoms with van der Waals surface area (Å²) in [5.41, 5.74) is 1.12. The fourth-order valence-corrected chi connectivity index (χ4v) is 1.71. The van der Waals surface area contributed by atoms with Crippen molar-refractivity contribution in [1.29, 1.82) is 0 Å². The lowest BCUT2D eigenvalue weighted by molar-refractivity contribution is 0.595. The van der Waals surface area contributed by atoms with Crippen LogP contribution < -0.4 is 5.32 Å². The maximum absolute atomic E-state index is 13.6. The van der Waals surface area contributed by atoms with Crippen molar-refractivity contribution in [2.75, 3.05) is 5.32 Å². The first-order valence-electron chi connectivity index (χ1n) is 5.33. The number of hydrogen-bond donors (Lipinski definition) is 1. The van der Waals surface area contributed by atoms with Gasteiger partial charge >= 0.3 is 0 Å². The third kappa shape index (κ3) is 2.67. The monoisotopic (exact) mass is 312 g/mol. The van der Waals surface area contributed by atoms with Crippen LogP contribution in [0, 0.1) is 25.5 Å². The van der Waals surface area contributed by atoms with Gasteiger partial charge in [0.2, 0.25) is 0 Å². The van der Waals surface area contributed by atoms with Crippen LogP contribution in [0.1, 0.15) is 11.3 Å². The molecule has 0 amide bonds. The Bertz CT molecular complexity index is 600. The molecule has 2 nitrogen and oxygen atoms in total. The SMILES string of the molecule is Cc1cc(F)c(Nc2ccc(Br)c(C)n2)cc1F. The summed E-state index contributed by atoms with van der Waals surface area (Å²) in [7, 11) is 0. The first-order valence-corrected chi connectivity index (χ1v) is 6.12. The molecule has 0 atom stereocenters. The molecule has 1 aromatic heterocycles. The molecule has 0 unspecified atom stereocenters. The van der Waals surface area contributed by atoms with E-state index in [9.17, 15) is 8.78 Å². The summed E-state index contributed by atoms with van der Waals surface area (Å²) in [6.07, 6.45) is 0.